The number of rotatable bonds is 7. The fourth-order valence-corrected chi connectivity index (χ4v) is 5.59. The average Bonchev–Trinajstić information content (AvgIpc) is 2.67. The molecule has 7 heteroatoms. The molecule has 1 atom stereocenters. The molecule has 0 bridgehead atoms. The van der Waals surface area contributed by atoms with Crippen molar-refractivity contribution in [3.05, 3.63) is 46.1 Å². The minimum Gasteiger partial charge on any atom is -0.481 e. The van der Waals surface area contributed by atoms with Gasteiger partial charge in [-0.2, -0.15) is 0 Å². The number of urea groups is 1. The Labute approximate surface area is 207 Å². The van der Waals surface area contributed by atoms with Gasteiger partial charge in [0.15, 0.2) is 0 Å². The summed E-state index contributed by atoms with van der Waals surface area (Å²) in [5.41, 5.74) is 2.58. The average molecular weight is 489 g/mol. The van der Waals surface area contributed by atoms with Gasteiger partial charge in [0.1, 0.15) is 0 Å². The maximum absolute atomic E-state index is 13.2. The van der Waals surface area contributed by atoms with Gasteiger partial charge in [-0.25, -0.2) is 4.79 Å². The molecule has 34 heavy (non-hydrogen) atoms. The van der Waals surface area contributed by atoms with Gasteiger partial charge in [0, 0.05) is 24.4 Å². The SMILES string of the molecule is CO[C@H]1C[C@H](N2C=C([C@H]3C[C@@H](C(=O)O)C3)[C@](C)(c3ccc(CCC(C)(C)C)c(Cl)c3)NC2=O)C1. The number of benzene rings is 1. The van der Waals surface area contributed by atoms with E-state index in [0.717, 1.165) is 42.4 Å². The van der Waals surface area contributed by atoms with Gasteiger partial charge in [0.05, 0.1) is 17.6 Å². The smallest absolute Gasteiger partial charge is 0.322 e. The van der Waals surface area contributed by atoms with Gasteiger partial charge >= 0.3 is 12.0 Å². The van der Waals surface area contributed by atoms with E-state index in [2.05, 4.69) is 38.2 Å². The van der Waals surface area contributed by atoms with Crippen molar-refractivity contribution in [3.8, 4) is 0 Å². The lowest BCUT2D eigenvalue weighted by Crippen LogP contribution is -2.60. The van der Waals surface area contributed by atoms with Crippen LogP contribution in [0, 0.1) is 17.3 Å². The van der Waals surface area contributed by atoms with Crippen molar-refractivity contribution in [3.63, 3.8) is 0 Å². The summed E-state index contributed by atoms with van der Waals surface area (Å²) in [6.45, 7) is 8.67. The largest absolute Gasteiger partial charge is 0.481 e. The second-order valence-electron chi connectivity index (χ2n) is 11.6. The number of nitrogens with one attached hydrogen (secondary N) is 1. The summed E-state index contributed by atoms with van der Waals surface area (Å²) in [7, 11) is 1.70. The highest BCUT2D eigenvalue weighted by Crippen LogP contribution is 2.48. The molecule has 0 saturated heterocycles. The Morgan fingerprint density at radius 2 is 1.94 bits per heavy atom. The van der Waals surface area contributed by atoms with Gasteiger partial charge in [0.2, 0.25) is 0 Å². The lowest BCUT2D eigenvalue weighted by atomic mass is 9.64. The number of methoxy groups -OCH3 is 1. The van der Waals surface area contributed by atoms with Gasteiger partial charge in [0.25, 0.3) is 0 Å². The van der Waals surface area contributed by atoms with Crippen LogP contribution in [0.3, 0.4) is 0 Å². The third-order valence-corrected chi connectivity index (χ3v) is 8.30. The van der Waals surface area contributed by atoms with E-state index in [4.69, 9.17) is 16.3 Å². The van der Waals surface area contributed by atoms with Crippen molar-refractivity contribution in [1.82, 2.24) is 10.2 Å². The Kier molecular flexibility index (Phi) is 6.78. The number of carboxylic acid groups (broad SMARTS) is 1. The van der Waals surface area contributed by atoms with Crippen molar-refractivity contribution >= 4 is 23.6 Å². The Hall–Kier alpha value is -2.05. The first kappa shape index (κ1) is 25.1. The number of aryl methyl sites for hydroxylation is 1. The second kappa shape index (κ2) is 9.19. The topological polar surface area (TPSA) is 78.9 Å². The molecule has 0 spiro atoms. The summed E-state index contributed by atoms with van der Waals surface area (Å²) in [4.78, 5) is 26.5. The summed E-state index contributed by atoms with van der Waals surface area (Å²) in [6, 6.07) is 6.07. The van der Waals surface area contributed by atoms with E-state index in [-0.39, 0.29) is 35.4 Å². The van der Waals surface area contributed by atoms with Crippen LogP contribution < -0.4 is 5.32 Å². The maximum Gasteiger partial charge on any atom is 0.322 e. The molecule has 2 amide bonds. The molecule has 1 heterocycles. The first-order valence-corrected chi connectivity index (χ1v) is 12.7. The van der Waals surface area contributed by atoms with Gasteiger partial charge in [-0.1, -0.05) is 44.5 Å². The van der Waals surface area contributed by atoms with E-state index in [9.17, 15) is 14.7 Å². The Morgan fingerprint density at radius 1 is 1.26 bits per heavy atom. The summed E-state index contributed by atoms with van der Waals surface area (Å²) in [5, 5.41) is 13.4. The Bertz CT molecular complexity index is 989. The van der Waals surface area contributed by atoms with Crippen LogP contribution in [0.5, 0.6) is 0 Å². The molecule has 2 saturated carbocycles. The van der Waals surface area contributed by atoms with Crippen LogP contribution in [0.2, 0.25) is 5.02 Å². The molecule has 186 valence electrons. The molecule has 4 rings (SSSR count). The lowest BCUT2D eigenvalue weighted by Gasteiger charge is -2.50. The molecule has 1 aromatic rings. The number of halogens is 1. The lowest BCUT2D eigenvalue weighted by molar-refractivity contribution is -0.145. The minimum absolute atomic E-state index is 0.100. The molecular weight excluding hydrogens is 452 g/mol. The van der Waals surface area contributed by atoms with Crippen molar-refractivity contribution in [2.75, 3.05) is 7.11 Å². The normalized spacial score (nSPS) is 31.3. The van der Waals surface area contributed by atoms with Gasteiger partial charge in [-0.15, -0.1) is 0 Å². The van der Waals surface area contributed by atoms with Crippen LogP contribution in [-0.4, -0.2) is 41.3 Å². The van der Waals surface area contributed by atoms with Crippen LogP contribution in [0.1, 0.15) is 70.9 Å². The fourth-order valence-electron chi connectivity index (χ4n) is 5.31. The van der Waals surface area contributed by atoms with E-state index < -0.39 is 11.5 Å². The summed E-state index contributed by atoms with van der Waals surface area (Å²) in [6.07, 6.45) is 6.88. The molecular formula is C27H37ClN2O4. The molecule has 1 aromatic carbocycles. The van der Waals surface area contributed by atoms with Gasteiger partial charge in [-0.3, -0.25) is 9.69 Å². The van der Waals surface area contributed by atoms with Gasteiger partial charge < -0.3 is 15.2 Å². The third kappa shape index (κ3) is 4.85. The fraction of sp³-hybridized carbons (Fsp3) is 0.630. The minimum atomic E-state index is -0.747. The van der Waals surface area contributed by atoms with Gasteiger partial charge in [-0.05, 0) is 79.5 Å². The number of carboxylic acids is 1. The number of ether oxygens (including phenoxy) is 1. The standard InChI is InChI=1S/C27H37ClN2O4/c1-26(2,3)9-8-16-6-7-19(12-23(16)28)27(4)22(17-10-18(11-17)24(31)32)15-30(25(33)29-27)20-13-21(14-20)34-5/h6-7,12,15,17-18,20-21H,8-11,13-14H2,1-5H3,(H,29,33)(H,31,32)/t17-,18+,20-,21-,27-/m0/s1. The quantitative estimate of drug-likeness (QED) is 0.513. The first-order chi connectivity index (χ1) is 15.9. The van der Waals surface area contributed by atoms with Crippen LogP contribution in [-0.2, 0) is 21.5 Å². The summed E-state index contributed by atoms with van der Waals surface area (Å²) < 4.78 is 5.41. The predicted molar refractivity (Wildman–Crippen MR) is 133 cm³/mol. The highest BCUT2D eigenvalue weighted by Gasteiger charge is 2.49. The van der Waals surface area contributed by atoms with Crippen LogP contribution in [0.25, 0.3) is 0 Å². The number of hydrogen-bond acceptors (Lipinski definition) is 3. The van der Waals surface area contributed by atoms with Crippen molar-refractivity contribution in [1.29, 1.82) is 0 Å². The zero-order valence-electron chi connectivity index (χ0n) is 20.9. The Balaban J connectivity index is 1.63. The van der Waals surface area contributed by atoms with Crippen molar-refractivity contribution < 1.29 is 19.4 Å². The van der Waals surface area contributed by atoms with E-state index in [1.807, 2.05) is 19.2 Å². The Morgan fingerprint density at radius 3 is 2.50 bits per heavy atom. The highest BCUT2D eigenvalue weighted by atomic mass is 35.5. The van der Waals surface area contributed by atoms with Crippen LogP contribution >= 0.6 is 11.6 Å². The number of nitrogens with zero attached hydrogens (tertiary/aromatic N) is 1. The molecule has 2 fully saturated rings. The molecule has 2 aliphatic carbocycles. The molecule has 0 aromatic heterocycles. The number of aliphatic carboxylic acids is 1. The van der Waals surface area contributed by atoms with E-state index in [1.54, 1.807) is 12.0 Å². The number of carbonyl (C=O) groups is 2. The zero-order chi connectivity index (χ0) is 24.8. The van der Waals surface area contributed by atoms with Crippen molar-refractivity contribution in [2.24, 2.45) is 17.3 Å². The maximum atomic E-state index is 13.2. The zero-order valence-corrected chi connectivity index (χ0v) is 21.6. The summed E-state index contributed by atoms with van der Waals surface area (Å²) >= 11 is 6.72. The number of amides is 2. The van der Waals surface area contributed by atoms with Crippen molar-refractivity contribution in [2.45, 2.75) is 83.9 Å². The monoisotopic (exact) mass is 488 g/mol. The molecule has 0 radical (unpaired) electrons. The van der Waals surface area contributed by atoms with E-state index >= 15 is 0 Å². The first-order valence-electron chi connectivity index (χ1n) is 12.3. The molecule has 6 nitrogen and oxygen atoms in total. The molecule has 1 aliphatic heterocycles. The van der Waals surface area contributed by atoms with Crippen LogP contribution in [0.4, 0.5) is 4.79 Å². The molecule has 3 aliphatic rings. The third-order valence-electron chi connectivity index (χ3n) is 7.95. The molecule has 2 N–H and O–H groups in total. The van der Waals surface area contributed by atoms with Crippen LogP contribution in [0.15, 0.2) is 30.0 Å². The van der Waals surface area contributed by atoms with E-state index in [0.29, 0.717) is 17.9 Å². The highest BCUT2D eigenvalue weighted by molar-refractivity contribution is 6.31. The summed E-state index contributed by atoms with van der Waals surface area (Å²) in [5.74, 6) is -0.971. The predicted octanol–water partition coefficient (Wildman–Crippen LogP) is 5.73. The second-order valence-corrected chi connectivity index (χ2v) is 12.0. The van der Waals surface area contributed by atoms with E-state index in [1.165, 1.54) is 0 Å². The number of carbonyl (C=O) groups excluding carboxylic acids is 1. The molecule has 0 unspecified atom stereocenters. The number of hydrogen-bond donors (Lipinski definition) is 2.